The average molecular weight is 201 g/mol. The van der Waals surface area contributed by atoms with E-state index in [9.17, 15) is 18.0 Å². The van der Waals surface area contributed by atoms with Gasteiger partial charge in [0.15, 0.2) is 0 Å². The molecule has 0 aliphatic rings. The van der Waals surface area contributed by atoms with Crippen molar-refractivity contribution in [3.63, 3.8) is 0 Å². The zero-order valence-corrected chi connectivity index (χ0v) is 7.22. The summed E-state index contributed by atoms with van der Waals surface area (Å²) in [5, 5.41) is 0. The van der Waals surface area contributed by atoms with Gasteiger partial charge >= 0.3 is 0 Å². The Morgan fingerprint density at radius 1 is 1.43 bits per heavy atom. The zero-order valence-electron chi connectivity index (χ0n) is 7.22. The molecule has 0 aromatic heterocycles. The lowest BCUT2D eigenvalue weighted by Gasteiger charge is -2.11. The van der Waals surface area contributed by atoms with Gasteiger partial charge in [-0.3, -0.25) is 0 Å². The summed E-state index contributed by atoms with van der Waals surface area (Å²) in [5.74, 6) is -4.32. The monoisotopic (exact) mass is 201 g/mol. The lowest BCUT2D eigenvalue weighted by molar-refractivity contribution is 0.0138. The molecule has 0 amide bonds. The molecule has 1 rings (SSSR count). The Morgan fingerprint density at radius 2 is 2.07 bits per heavy atom. The van der Waals surface area contributed by atoms with Crippen molar-refractivity contribution in [3.05, 3.63) is 29.6 Å². The van der Waals surface area contributed by atoms with Gasteiger partial charge in [0, 0.05) is 6.92 Å². The lowest BCUT2D eigenvalue weighted by atomic mass is 10.1. The molecule has 0 unspecified atom stereocenters. The summed E-state index contributed by atoms with van der Waals surface area (Å²) in [7, 11) is 0. The summed E-state index contributed by atoms with van der Waals surface area (Å²) in [6.45, 7) is 0.569. The third kappa shape index (κ3) is 2.20. The molecule has 2 nitrogen and oxygen atoms in total. The first kappa shape index (κ1) is 10.5. The second-order valence-corrected chi connectivity index (χ2v) is 2.76. The van der Waals surface area contributed by atoms with Crippen molar-refractivity contribution >= 4 is 11.8 Å². The highest BCUT2D eigenvalue weighted by atomic mass is 19.3. The first-order valence-electron chi connectivity index (χ1n) is 3.71. The Morgan fingerprint density at radius 3 is 2.57 bits per heavy atom. The van der Waals surface area contributed by atoms with Crippen LogP contribution >= 0.6 is 0 Å². The SMILES string of the molecule is CC(F)(F)c1cc(N=C=O)ccc1F. The van der Waals surface area contributed by atoms with E-state index in [1.54, 1.807) is 0 Å². The van der Waals surface area contributed by atoms with E-state index in [1.165, 1.54) is 6.08 Å². The molecule has 0 aliphatic carbocycles. The third-order valence-electron chi connectivity index (χ3n) is 1.60. The standard InChI is InChI=1S/C9H6F3NO/c1-9(11,12)7-4-6(13-5-14)2-3-8(7)10/h2-4H,1H3. The number of halogens is 3. The van der Waals surface area contributed by atoms with Gasteiger partial charge < -0.3 is 0 Å². The van der Waals surface area contributed by atoms with Gasteiger partial charge in [0.25, 0.3) is 5.92 Å². The fourth-order valence-electron chi connectivity index (χ4n) is 0.972. The summed E-state index contributed by atoms with van der Waals surface area (Å²) < 4.78 is 38.4. The largest absolute Gasteiger partial charge is 0.273 e. The Hall–Kier alpha value is -1.61. The molecule has 0 radical (unpaired) electrons. The maximum Gasteiger partial charge on any atom is 0.273 e. The fourth-order valence-corrected chi connectivity index (χ4v) is 0.972. The first-order chi connectivity index (χ1) is 6.45. The van der Waals surface area contributed by atoms with Gasteiger partial charge in [-0.15, -0.1) is 0 Å². The summed E-state index contributed by atoms with van der Waals surface area (Å²) in [4.78, 5) is 13.0. The molecule has 0 spiro atoms. The van der Waals surface area contributed by atoms with Gasteiger partial charge in [-0.1, -0.05) is 0 Å². The van der Waals surface area contributed by atoms with Crippen LogP contribution in [0.25, 0.3) is 0 Å². The number of hydrogen-bond acceptors (Lipinski definition) is 2. The number of aliphatic imine (C=N–C) groups is 1. The summed E-state index contributed by atoms with van der Waals surface area (Å²) in [6.07, 6.45) is 1.19. The highest BCUT2D eigenvalue weighted by Gasteiger charge is 2.28. The van der Waals surface area contributed by atoms with E-state index in [-0.39, 0.29) is 5.69 Å². The molecule has 5 heteroatoms. The van der Waals surface area contributed by atoms with E-state index in [1.807, 2.05) is 0 Å². The number of hydrogen-bond donors (Lipinski definition) is 0. The molecular formula is C9H6F3NO. The molecule has 74 valence electrons. The van der Waals surface area contributed by atoms with E-state index < -0.39 is 17.3 Å². The van der Waals surface area contributed by atoms with Crippen molar-refractivity contribution in [2.75, 3.05) is 0 Å². The minimum atomic E-state index is -3.29. The highest BCUT2D eigenvalue weighted by molar-refractivity contribution is 5.50. The highest BCUT2D eigenvalue weighted by Crippen LogP contribution is 2.31. The minimum Gasteiger partial charge on any atom is -0.211 e. The van der Waals surface area contributed by atoms with Gasteiger partial charge in [-0.2, -0.15) is 4.99 Å². The quantitative estimate of drug-likeness (QED) is 0.534. The van der Waals surface area contributed by atoms with Crippen LogP contribution in [0.3, 0.4) is 0 Å². The predicted molar refractivity (Wildman–Crippen MR) is 43.7 cm³/mol. The predicted octanol–water partition coefficient (Wildman–Crippen LogP) is 2.90. The van der Waals surface area contributed by atoms with Gasteiger partial charge in [-0.25, -0.2) is 18.0 Å². The number of nitrogens with zero attached hydrogens (tertiary/aromatic N) is 1. The maximum atomic E-state index is 12.9. The Bertz CT molecular complexity index is 392. The van der Waals surface area contributed by atoms with Crippen LogP contribution in [0.2, 0.25) is 0 Å². The van der Waals surface area contributed by atoms with E-state index in [4.69, 9.17) is 0 Å². The van der Waals surface area contributed by atoms with Crippen molar-refractivity contribution < 1.29 is 18.0 Å². The van der Waals surface area contributed by atoms with Crippen LogP contribution in [0.5, 0.6) is 0 Å². The second kappa shape index (κ2) is 3.64. The molecule has 0 saturated carbocycles. The Balaban J connectivity index is 3.28. The van der Waals surface area contributed by atoms with Crippen LogP contribution in [-0.2, 0) is 10.7 Å². The van der Waals surface area contributed by atoms with Crippen LogP contribution < -0.4 is 0 Å². The van der Waals surface area contributed by atoms with Crippen LogP contribution in [-0.4, -0.2) is 6.08 Å². The molecule has 0 heterocycles. The van der Waals surface area contributed by atoms with Gasteiger partial charge in [0.1, 0.15) is 5.82 Å². The van der Waals surface area contributed by atoms with Gasteiger partial charge in [-0.05, 0) is 18.2 Å². The lowest BCUT2D eigenvalue weighted by Crippen LogP contribution is -2.09. The Kier molecular flexibility index (Phi) is 2.72. The van der Waals surface area contributed by atoms with Crippen LogP contribution in [0.4, 0.5) is 18.9 Å². The van der Waals surface area contributed by atoms with Crippen molar-refractivity contribution in [1.82, 2.24) is 0 Å². The molecule has 1 aromatic carbocycles. The number of carbonyl (C=O) groups excluding carboxylic acids is 1. The molecule has 1 aromatic rings. The molecule has 0 N–H and O–H groups in total. The number of isocyanates is 1. The van der Waals surface area contributed by atoms with E-state index in [0.29, 0.717) is 6.92 Å². The zero-order chi connectivity index (χ0) is 10.8. The van der Waals surface area contributed by atoms with Crippen LogP contribution in [0.1, 0.15) is 12.5 Å². The number of benzene rings is 1. The smallest absolute Gasteiger partial charge is 0.211 e. The van der Waals surface area contributed by atoms with Crippen LogP contribution in [0, 0.1) is 5.82 Å². The van der Waals surface area contributed by atoms with Gasteiger partial charge in [0.05, 0.1) is 11.3 Å². The topological polar surface area (TPSA) is 29.4 Å². The first-order valence-corrected chi connectivity index (χ1v) is 3.71. The summed E-state index contributed by atoms with van der Waals surface area (Å²) >= 11 is 0. The van der Waals surface area contributed by atoms with Crippen molar-refractivity contribution in [2.24, 2.45) is 4.99 Å². The number of alkyl halides is 2. The van der Waals surface area contributed by atoms with Crippen molar-refractivity contribution in [3.8, 4) is 0 Å². The van der Waals surface area contributed by atoms with Gasteiger partial charge in [0.2, 0.25) is 6.08 Å². The molecule has 0 atom stereocenters. The van der Waals surface area contributed by atoms with Crippen LogP contribution in [0.15, 0.2) is 23.2 Å². The molecule has 0 aliphatic heterocycles. The molecule has 0 bridgehead atoms. The van der Waals surface area contributed by atoms with E-state index in [0.717, 1.165) is 18.2 Å². The van der Waals surface area contributed by atoms with Crippen molar-refractivity contribution in [1.29, 1.82) is 0 Å². The molecular weight excluding hydrogens is 195 g/mol. The molecule has 14 heavy (non-hydrogen) atoms. The fraction of sp³-hybridized carbons (Fsp3) is 0.222. The normalized spacial score (nSPS) is 10.9. The Labute approximate surface area is 78.1 Å². The minimum absolute atomic E-state index is 0.0436. The maximum absolute atomic E-state index is 12.9. The second-order valence-electron chi connectivity index (χ2n) is 2.76. The summed E-state index contributed by atoms with van der Waals surface area (Å²) in [5.41, 5.74) is -0.827. The van der Waals surface area contributed by atoms with Crippen molar-refractivity contribution in [2.45, 2.75) is 12.8 Å². The number of rotatable bonds is 2. The summed E-state index contributed by atoms with van der Waals surface area (Å²) in [6, 6.07) is 2.78. The van der Waals surface area contributed by atoms with E-state index >= 15 is 0 Å². The van der Waals surface area contributed by atoms with E-state index in [2.05, 4.69) is 4.99 Å². The molecule has 0 fully saturated rings. The third-order valence-corrected chi connectivity index (χ3v) is 1.60. The molecule has 0 saturated heterocycles. The average Bonchev–Trinajstić information content (AvgIpc) is 2.07.